The third-order valence-corrected chi connectivity index (χ3v) is 3.79. The molecule has 1 aromatic rings. The molecule has 1 unspecified atom stereocenters. The van der Waals surface area contributed by atoms with Crippen LogP contribution < -0.4 is 10.5 Å². The van der Waals surface area contributed by atoms with Gasteiger partial charge in [0.15, 0.2) is 0 Å². The average Bonchev–Trinajstić information content (AvgIpc) is 2.68. The van der Waals surface area contributed by atoms with Crippen molar-refractivity contribution in [3.05, 3.63) is 35.4 Å². The standard InChI is InChI=1S/C11H15N3OS/c1-8-6-9(10-4-5-14-7-10)2-3-11(8)16(12,13)15/h2-4,6,14H,5,7H2,1H3,(H3,12,13,15). The van der Waals surface area contributed by atoms with Crippen LogP contribution in [0.3, 0.4) is 0 Å². The third-order valence-electron chi connectivity index (χ3n) is 2.68. The number of nitrogens with one attached hydrogen (secondary N) is 2. The van der Waals surface area contributed by atoms with Crippen molar-refractivity contribution >= 4 is 15.5 Å². The van der Waals surface area contributed by atoms with Gasteiger partial charge >= 0.3 is 0 Å². The Balaban J connectivity index is 2.44. The van der Waals surface area contributed by atoms with E-state index in [1.807, 2.05) is 19.1 Å². The van der Waals surface area contributed by atoms with Gasteiger partial charge in [-0.25, -0.2) is 14.1 Å². The molecule has 4 nitrogen and oxygen atoms in total. The van der Waals surface area contributed by atoms with Crippen LogP contribution in [0.2, 0.25) is 0 Å². The van der Waals surface area contributed by atoms with Gasteiger partial charge in [-0.05, 0) is 29.7 Å². The molecule has 1 atom stereocenters. The minimum absolute atomic E-state index is 0.419. The predicted molar refractivity (Wildman–Crippen MR) is 65.3 cm³/mol. The lowest BCUT2D eigenvalue weighted by Gasteiger charge is -2.09. The Hall–Kier alpha value is -1.17. The molecule has 0 saturated carbocycles. The van der Waals surface area contributed by atoms with E-state index in [2.05, 4.69) is 11.4 Å². The van der Waals surface area contributed by atoms with Crippen molar-refractivity contribution in [3.63, 3.8) is 0 Å². The van der Waals surface area contributed by atoms with Crippen LogP contribution in [-0.2, 0) is 9.92 Å². The van der Waals surface area contributed by atoms with E-state index in [9.17, 15) is 4.21 Å². The number of aryl methyl sites for hydroxylation is 1. The molecule has 1 aliphatic rings. The van der Waals surface area contributed by atoms with E-state index in [4.69, 9.17) is 9.92 Å². The molecule has 0 fully saturated rings. The summed E-state index contributed by atoms with van der Waals surface area (Å²) in [7, 11) is -3.11. The summed E-state index contributed by atoms with van der Waals surface area (Å²) < 4.78 is 18.8. The fourth-order valence-corrected chi connectivity index (χ4v) is 2.69. The Kier molecular flexibility index (Phi) is 2.84. The summed E-state index contributed by atoms with van der Waals surface area (Å²) in [4.78, 5) is 0.419. The van der Waals surface area contributed by atoms with Crippen molar-refractivity contribution in [1.29, 1.82) is 4.78 Å². The number of benzene rings is 1. The Morgan fingerprint density at radius 3 is 2.75 bits per heavy atom. The first kappa shape index (κ1) is 11.3. The lowest BCUT2D eigenvalue weighted by molar-refractivity contribution is 0.675. The van der Waals surface area contributed by atoms with E-state index >= 15 is 0 Å². The first-order valence-electron chi connectivity index (χ1n) is 5.06. The van der Waals surface area contributed by atoms with Crippen molar-refractivity contribution < 1.29 is 4.21 Å². The van der Waals surface area contributed by atoms with Crippen LogP contribution in [0, 0.1) is 11.7 Å². The molecule has 16 heavy (non-hydrogen) atoms. The van der Waals surface area contributed by atoms with Crippen molar-refractivity contribution in [3.8, 4) is 0 Å². The molecule has 1 aliphatic heterocycles. The second-order valence-corrected chi connectivity index (χ2v) is 5.58. The molecule has 0 aliphatic carbocycles. The quantitative estimate of drug-likeness (QED) is 0.724. The number of hydrogen-bond acceptors (Lipinski definition) is 3. The van der Waals surface area contributed by atoms with Crippen LogP contribution in [0.4, 0.5) is 0 Å². The third kappa shape index (κ3) is 2.16. The molecule has 0 amide bonds. The molecule has 5 heteroatoms. The van der Waals surface area contributed by atoms with Gasteiger partial charge in [0, 0.05) is 13.1 Å². The first-order valence-corrected chi connectivity index (χ1v) is 6.68. The number of rotatable bonds is 2. The minimum Gasteiger partial charge on any atom is -0.309 e. The zero-order valence-corrected chi connectivity index (χ0v) is 9.93. The van der Waals surface area contributed by atoms with E-state index in [1.165, 1.54) is 5.57 Å². The van der Waals surface area contributed by atoms with Crippen LogP contribution in [-0.4, -0.2) is 17.3 Å². The van der Waals surface area contributed by atoms with Gasteiger partial charge < -0.3 is 5.32 Å². The molecule has 0 aromatic heterocycles. The highest BCUT2D eigenvalue weighted by molar-refractivity contribution is 7.90. The highest BCUT2D eigenvalue weighted by Gasteiger charge is 2.11. The highest BCUT2D eigenvalue weighted by Crippen LogP contribution is 2.21. The van der Waals surface area contributed by atoms with Crippen molar-refractivity contribution in [2.45, 2.75) is 11.8 Å². The zero-order valence-electron chi connectivity index (χ0n) is 9.12. The molecular formula is C11H15N3OS. The molecule has 0 spiro atoms. The zero-order chi connectivity index (χ0) is 11.8. The Morgan fingerprint density at radius 2 is 2.25 bits per heavy atom. The normalized spacial score (nSPS) is 19.2. The maximum atomic E-state index is 11.5. The lowest BCUT2D eigenvalue weighted by atomic mass is 10.0. The highest BCUT2D eigenvalue weighted by atomic mass is 32.2. The number of nitrogens with two attached hydrogens (primary N) is 1. The van der Waals surface area contributed by atoms with Crippen LogP contribution in [0.25, 0.3) is 5.57 Å². The van der Waals surface area contributed by atoms with E-state index < -0.39 is 9.92 Å². The molecule has 1 heterocycles. The smallest absolute Gasteiger partial charge is 0.132 e. The van der Waals surface area contributed by atoms with Crippen LogP contribution in [0.5, 0.6) is 0 Å². The van der Waals surface area contributed by atoms with Crippen LogP contribution in [0.1, 0.15) is 11.1 Å². The largest absolute Gasteiger partial charge is 0.309 e. The topological polar surface area (TPSA) is 79.0 Å². The second-order valence-electron chi connectivity index (χ2n) is 3.94. The fourth-order valence-electron chi connectivity index (χ4n) is 1.88. The average molecular weight is 237 g/mol. The predicted octanol–water partition coefficient (Wildman–Crippen LogP) is 1.26. The van der Waals surface area contributed by atoms with Gasteiger partial charge in [-0.15, -0.1) is 0 Å². The summed E-state index contributed by atoms with van der Waals surface area (Å²) >= 11 is 0. The molecule has 0 radical (unpaired) electrons. The van der Waals surface area contributed by atoms with E-state index in [-0.39, 0.29) is 0 Å². The molecule has 1 aromatic carbocycles. The van der Waals surface area contributed by atoms with Crippen molar-refractivity contribution in [2.75, 3.05) is 13.1 Å². The maximum Gasteiger partial charge on any atom is 0.132 e. The Bertz CT molecular complexity index is 546. The molecule has 0 bridgehead atoms. The molecule has 2 rings (SSSR count). The summed E-state index contributed by atoms with van der Waals surface area (Å²) in [6.45, 7) is 3.59. The Morgan fingerprint density at radius 1 is 1.50 bits per heavy atom. The van der Waals surface area contributed by atoms with Crippen LogP contribution >= 0.6 is 0 Å². The van der Waals surface area contributed by atoms with E-state index in [1.54, 1.807) is 6.07 Å². The van der Waals surface area contributed by atoms with Crippen LogP contribution in [0.15, 0.2) is 29.2 Å². The minimum atomic E-state index is -3.11. The molecular weight excluding hydrogens is 222 g/mol. The molecule has 0 saturated heterocycles. The van der Waals surface area contributed by atoms with Gasteiger partial charge in [0.1, 0.15) is 9.92 Å². The van der Waals surface area contributed by atoms with Gasteiger partial charge in [-0.2, -0.15) is 0 Å². The molecule has 4 N–H and O–H groups in total. The van der Waals surface area contributed by atoms with Gasteiger partial charge in [-0.1, -0.05) is 18.2 Å². The summed E-state index contributed by atoms with van der Waals surface area (Å²) in [5.41, 5.74) is 3.16. The van der Waals surface area contributed by atoms with Gasteiger partial charge in [-0.3, -0.25) is 0 Å². The maximum absolute atomic E-state index is 11.5. The van der Waals surface area contributed by atoms with Gasteiger partial charge in [0.2, 0.25) is 0 Å². The number of hydrogen-bond donors (Lipinski definition) is 3. The monoisotopic (exact) mass is 237 g/mol. The Labute approximate surface area is 95.7 Å². The first-order chi connectivity index (χ1) is 7.48. The molecule has 86 valence electrons. The summed E-state index contributed by atoms with van der Waals surface area (Å²) in [5.74, 6) is 0. The van der Waals surface area contributed by atoms with Crippen molar-refractivity contribution in [1.82, 2.24) is 5.32 Å². The van der Waals surface area contributed by atoms with E-state index in [0.29, 0.717) is 4.90 Å². The summed E-state index contributed by atoms with van der Waals surface area (Å²) in [6, 6.07) is 5.51. The second kappa shape index (κ2) is 4.01. The summed E-state index contributed by atoms with van der Waals surface area (Å²) in [5, 5.41) is 8.55. The fraction of sp³-hybridized carbons (Fsp3) is 0.273. The van der Waals surface area contributed by atoms with Gasteiger partial charge in [0.05, 0.1) is 4.90 Å². The SMILES string of the molecule is Cc1cc(C2=CCNC2)ccc1S(=N)(N)=O. The van der Waals surface area contributed by atoms with Crippen molar-refractivity contribution in [2.24, 2.45) is 5.14 Å². The lowest BCUT2D eigenvalue weighted by Crippen LogP contribution is -2.12. The van der Waals surface area contributed by atoms with Gasteiger partial charge in [0.25, 0.3) is 0 Å². The summed E-state index contributed by atoms with van der Waals surface area (Å²) in [6.07, 6.45) is 2.13. The van der Waals surface area contributed by atoms with E-state index in [0.717, 1.165) is 24.2 Å².